The van der Waals surface area contributed by atoms with Crippen molar-refractivity contribution in [1.29, 1.82) is 0 Å². The lowest BCUT2D eigenvalue weighted by Gasteiger charge is -2.18. The molecule has 0 spiro atoms. The summed E-state index contributed by atoms with van der Waals surface area (Å²) in [6.45, 7) is 5.56. The fourth-order valence-corrected chi connectivity index (χ4v) is 2.66. The Hall–Kier alpha value is -1.63. The number of ether oxygens (including phenoxy) is 1. The zero-order valence-corrected chi connectivity index (χ0v) is 12.3. The molecule has 1 N–H and O–H groups in total. The number of rotatable bonds is 6. The molecule has 0 bridgehead atoms. The summed E-state index contributed by atoms with van der Waals surface area (Å²) in [4.78, 5) is 18.0. The van der Waals surface area contributed by atoms with Gasteiger partial charge in [-0.1, -0.05) is 13.3 Å². The van der Waals surface area contributed by atoms with E-state index in [9.17, 15) is 4.79 Å². The number of anilines is 1. The molecule has 2 rings (SSSR count). The van der Waals surface area contributed by atoms with Crippen LogP contribution in [0.3, 0.4) is 0 Å². The first kappa shape index (κ1) is 14.8. The van der Waals surface area contributed by atoms with Gasteiger partial charge in [0.25, 0.3) is 5.95 Å². The maximum Gasteiger partial charge on any atom is 0.266 e. The SMILES string of the molecule is CCC[C@H]1CN(c2noc(C)n2)C[C@@H]1NC(=O)COC. The van der Waals surface area contributed by atoms with Gasteiger partial charge in [0.2, 0.25) is 11.8 Å². The topological polar surface area (TPSA) is 80.5 Å². The minimum atomic E-state index is -0.0789. The Bertz CT molecular complexity index is 449. The Morgan fingerprint density at radius 3 is 2.95 bits per heavy atom. The molecule has 1 saturated heterocycles. The first-order valence-electron chi connectivity index (χ1n) is 6.97. The number of hydrogen-bond acceptors (Lipinski definition) is 6. The van der Waals surface area contributed by atoms with E-state index in [1.165, 1.54) is 7.11 Å². The molecule has 0 radical (unpaired) electrons. The van der Waals surface area contributed by atoms with Crippen LogP contribution in [0.15, 0.2) is 4.52 Å². The molecule has 1 aromatic heterocycles. The highest BCUT2D eigenvalue weighted by Crippen LogP contribution is 2.25. The third kappa shape index (κ3) is 3.47. The van der Waals surface area contributed by atoms with E-state index >= 15 is 0 Å². The predicted octanol–water partition coefficient (Wildman–Crippen LogP) is 0.746. The number of aromatic nitrogens is 2. The van der Waals surface area contributed by atoms with Gasteiger partial charge in [-0.3, -0.25) is 4.79 Å². The zero-order valence-electron chi connectivity index (χ0n) is 12.3. The van der Waals surface area contributed by atoms with Crippen molar-refractivity contribution in [1.82, 2.24) is 15.5 Å². The summed E-state index contributed by atoms with van der Waals surface area (Å²) in [6, 6.07) is 0.108. The standard InChI is InChI=1S/C13H22N4O3/c1-4-5-10-6-17(13-14-9(2)20-16-13)7-11(10)15-12(18)8-19-3/h10-11H,4-8H2,1-3H3,(H,15,18)/t10-,11-/m0/s1. The predicted molar refractivity (Wildman–Crippen MR) is 73.5 cm³/mol. The van der Waals surface area contributed by atoms with Crippen molar-refractivity contribution >= 4 is 11.9 Å². The number of methoxy groups -OCH3 is 1. The second kappa shape index (κ2) is 6.69. The van der Waals surface area contributed by atoms with Crippen LogP contribution in [-0.4, -0.2) is 48.9 Å². The van der Waals surface area contributed by atoms with E-state index in [1.54, 1.807) is 6.92 Å². The summed E-state index contributed by atoms with van der Waals surface area (Å²) in [5, 5.41) is 6.97. The maximum atomic E-state index is 11.7. The van der Waals surface area contributed by atoms with Crippen LogP contribution in [0.25, 0.3) is 0 Å². The van der Waals surface area contributed by atoms with E-state index in [4.69, 9.17) is 9.26 Å². The summed E-state index contributed by atoms with van der Waals surface area (Å²) >= 11 is 0. The van der Waals surface area contributed by atoms with E-state index in [0.29, 0.717) is 24.3 Å². The van der Waals surface area contributed by atoms with Crippen molar-refractivity contribution in [3.63, 3.8) is 0 Å². The van der Waals surface area contributed by atoms with Gasteiger partial charge in [-0.25, -0.2) is 0 Å². The molecule has 1 aliphatic rings. The van der Waals surface area contributed by atoms with E-state index in [1.807, 2.05) is 0 Å². The lowest BCUT2D eigenvalue weighted by molar-refractivity contribution is -0.125. The summed E-state index contributed by atoms with van der Waals surface area (Å²) in [7, 11) is 1.52. The van der Waals surface area contributed by atoms with Crippen molar-refractivity contribution in [2.24, 2.45) is 5.92 Å². The number of hydrogen-bond donors (Lipinski definition) is 1. The van der Waals surface area contributed by atoms with Crippen LogP contribution < -0.4 is 10.2 Å². The highest BCUT2D eigenvalue weighted by molar-refractivity contribution is 5.77. The van der Waals surface area contributed by atoms with Crippen molar-refractivity contribution in [3.8, 4) is 0 Å². The largest absolute Gasteiger partial charge is 0.375 e. The minimum Gasteiger partial charge on any atom is -0.375 e. The summed E-state index contributed by atoms with van der Waals surface area (Å²) in [5.41, 5.74) is 0. The number of nitrogens with one attached hydrogen (secondary N) is 1. The van der Waals surface area contributed by atoms with Gasteiger partial charge in [0, 0.05) is 27.1 Å². The Balaban J connectivity index is 2.01. The van der Waals surface area contributed by atoms with Crippen molar-refractivity contribution in [2.75, 3.05) is 31.7 Å². The second-order valence-corrected chi connectivity index (χ2v) is 5.17. The molecule has 7 heteroatoms. The van der Waals surface area contributed by atoms with Crippen molar-refractivity contribution < 1.29 is 14.1 Å². The van der Waals surface area contributed by atoms with Crippen LogP contribution in [0.1, 0.15) is 25.7 Å². The molecule has 2 heterocycles. The molecule has 0 saturated carbocycles. The molecule has 0 aromatic carbocycles. The highest BCUT2D eigenvalue weighted by Gasteiger charge is 2.34. The minimum absolute atomic E-state index is 0.0789. The monoisotopic (exact) mass is 282 g/mol. The number of nitrogens with zero attached hydrogens (tertiary/aromatic N) is 3. The number of carbonyl (C=O) groups is 1. The van der Waals surface area contributed by atoms with Crippen LogP contribution in [0.5, 0.6) is 0 Å². The van der Waals surface area contributed by atoms with Gasteiger partial charge in [-0.2, -0.15) is 4.98 Å². The Morgan fingerprint density at radius 1 is 1.55 bits per heavy atom. The van der Waals surface area contributed by atoms with Gasteiger partial charge < -0.3 is 19.5 Å². The highest BCUT2D eigenvalue weighted by atomic mass is 16.5. The molecular formula is C13H22N4O3. The Kier molecular flexibility index (Phi) is 4.94. The van der Waals surface area contributed by atoms with Crippen molar-refractivity contribution in [3.05, 3.63) is 5.89 Å². The molecule has 0 unspecified atom stereocenters. The molecule has 20 heavy (non-hydrogen) atoms. The Morgan fingerprint density at radius 2 is 2.35 bits per heavy atom. The molecular weight excluding hydrogens is 260 g/mol. The average Bonchev–Trinajstić information content (AvgIpc) is 2.98. The van der Waals surface area contributed by atoms with E-state index < -0.39 is 0 Å². The smallest absolute Gasteiger partial charge is 0.266 e. The molecule has 112 valence electrons. The van der Waals surface area contributed by atoms with Crippen LogP contribution in [0.2, 0.25) is 0 Å². The summed E-state index contributed by atoms with van der Waals surface area (Å²) in [5.74, 6) is 1.48. The summed E-state index contributed by atoms with van der Waals surface area (Å²) < 4.78 is 9.88. The van der Waals surface area contributed by atoms with Crippen LogP contribution in [-0.2, 0) is 9.53 Å². The van der Waals surface area contributed by atoms with Gasteiger partial charge in [-0.05, 0) is 17.5 Å². The molecule has 1 amide bonds. The normalized spacial score (nSPS) is 22.2. The lowest BCUT2D eigenvalue weighted by Crippen LogP contribution is -2.42. The van der Waals surface area contributed by atoms with Crippen LogP contribution >= 0.6 is 0 Å². The van der Waals surface area contributed by atoms with Crippen LogP contribution in [0.4, 0.5) is 5.95 Å². The van der Waals surface area contributed by atoms with E-state index in [-0.39, 0.29) is 18.6 Å². The molecule has 7 nitrogen and oxygen atoms in total. The first-order valence-corrected chi connectivity index (χ1v) is 6.97. The van der Waals surface area contributed by atoms with Gasteiger partial charge in [-0.15, -0.1) is 0 Å². The number of carbonyl (C=O) groups excluding carboxylic acids is 1. The average molecular weight is 282 g/mol. The molecule has 0 aliphatic carbocycles. The molecule has 1 fully saturated rings. The molecule has 2 atom stereocenters. The van der Waals surface area contributed by atoms with Gasteiger partial charge in [0.1, 0.15) is 6.61 Å². The van der Waals surface area contributed by atoms with Crippen molar-refractivity contribution in [2.45, 2.75) is 32.7 Å². The lowest BCUT2D eigenvalue weighted by atomic mass is 9.98. The maximum absolute atomic E-state index is 11.7. The number of aryl methyl sites for hydroxylation is 1. The zero-order chi connectivity index (χ0) is 14.5. The van der Waals surface area contributed by atoms with Crippen LogP contribution in [0, 0.1) is 12.8 Å². The van der Waals surface area contributed by atoms with Gasteiger partial charge in [0.15, 0.2) is 0 Å². The molecule has 1 aromatic rings. The van der Waals surface area contributed by atoms with E-state index in [0.717, 1.165) is 19.4 Å². The quantitative estimate of drug-likeness (QED) is 0.829. The third-order valence-electron chi connectivity index (χ3n) is 3.52. The summed E-state index contributed by atoms with van der Waals surface area (Å²) in [6.07, 6.45) is 2.14. The van der Waals surface area contributed by atoms with Gasteiger partial charge >= 0.3 is 0 Å². The van der Waals surface area contributed by atoms with Gasteiger partial charge in [0.05, 0.1) is 6.04 Å². The van der Waals surface area contributed by atoms with E-state index in [2.05, 4.69) is 27.3 Å². The fraction of sp³-hybridized carbons (Fsp3) is 0.769. The molecule has 1 aliphatic heterocycles. The second-order valence-electron chi connectivity index (χ2n) is 5.17. The first-order chi connectivity index (χ1) is 9.63. The fourth-order valence-electron chi connectivity index (χ4n) is 2.66. The third-order valence-corrected chi connectivity index (χ3v) is 3.52. The Labute approximate surface area is 118 Å². The number of amides is 1.